The SMILES string of the molecule is Clc1cc(NCc2cccnc2)ccc1N1CCCC1. The maximum Gasteiger partial charge on any atom is 0.0660 e. The van der Waals surface area contributed by atoms with E-state index in [2.05, 4.69) is 33.4 Å². The molecule has 2 aromatic rings. The van der Waals surface area contributed by atoms with Crippen LogP contribution in [-0.2, 0) is 6.54 Å². The quantitative estimate of drug-likeness (QED) is 0.923. The molecule has 1 aromatic carbocycles. The molecule has 1 aromatic heterocycles. The standard InChI is InChI=1S/C16H18ClN3/c17-15-10-14(19-12-13-4-3-7-18-11-13)5-6-16(15)20-8-1-2-9-20/h3-7,10-11,19H,1-2,8-9,12H2. The van der Waals surface area contributed by atoms with Crippen molar-refractivity contribution in [3.8, 4) is 0 Å². The number of nitrogens with one attached hydrogen (secondary N) is 1. The van der Waals surface area contributed by atoms with Gasteiger partial charge in [0.1, 0.15) is 0 Å². The molecule has 1 fully saturated rings. The summed E-state index contributed by atoms with van der Waals surface area (Å²) in [6, 6.07) is 10.2. The zero-order valence-electron chi connectivity index (χ0n) is 11.3. The lowest BCUT2D eigenvalue weighted by Crippen LogP contribution is -2.17. The van der Waals surface area contributed by atoms with Crippen LogP contribution in [0.2, 0.25) is 5.02 Å². The second-order valence-electron chi connectivity index (χ2n) is 5.08. The molecular weight excluding hydrogens is 270 g/mol. The van der Waals surface area contributed by atoms with Crippen molar-refractivity contribution in [3.63, 3.8) is 0 Å². The molecule has 0 unspecified atom stereocenters. The zero-order valence-corrected chi connectivity index (χ0v) is 12.1. The monoisotopic (exact) mass is 287 g/mol. The minimum atomic E-state index is 0.757. The summed E-state index contributed by atoms with van der Waals surface area (Å²) in [4.78, 5) is 6.46. The molecule has 0 spiro atoms. The van der Waals surface area contributed by atoms with Gasteiger partial charge in [0.05, 0.1) is 10.7 Å². The van der Waals surface area contributed by atoms with E-state index in [1.165, 1.54) is 12.8 Å². The molecule has 0 bridgehead atoms. The molecule has 0 amide bonds. The minimum absolute atomic E-state index is 0.757. The number of anilines is 2. The second-order valence-corrected chi connectivity index (χ2v) is 5.48. The third-order valence-corrected chi connectivity index (χ3v) is 3.92. The summed E-state index contributed by atoms with van der Waals surface area (Å²) in [5.74, 6) is 0. The zero-order chi connectivity index (χ0) is 13.8. The maximum absolute atomic E-state index is 6.40. The molecule has 0 aliphatic carbocycles. The van der Waals surface area contributed by atoms with E-state index in [0.29, 0.717) is 0 Å². The van der Waals surface area contributed by atoms with Crippen molar-refractivity contribution in [2.45, 2.75) is 19.4 Å². The minimum Gasteiger partial charge on any atom is -0.381 e. The Hall–Kier alpha value is -1.74. The highest BCUT2D eigenvalue weighted by atomic mass is 35.5. The Morgan fingerprint density at radius 2 is 2.05 bits per heavy atom. The van der Waals surface area contributed by atoms with E-state index in [4.69, 9.17) is 11.6 Å². The average Bonchev–Trinajstić information content (AvgIpc) is 3.00. The highest BCUT2D eigenvalue weighted by Crippen LogP contribution is 2.31. The molecule has 2 heterocycles. The first-order chi connectivity index (χ1) is 9.83. The van der Waals surface area contributed by atoms with Gasteiger partial charge in [-0.2, -0.15) is 0 Å². The van der Waals surface area contributed by atoms with Crippen LogP contribution in [-0.4, -0.2) is 18.1 Å². The van der Waals surface area contributed by atoms with E-state index in [1.807, 2.05) is 18.3 Å². The summed E-state index contributed by atoms with van der Waals surface area (Å²) in [6.45, 7) is 2.98. The molecule has 0 saturated carbocycles. The molecule has 0 atom stereocenters. The van der Waals surface area contributed by atoms with Crippen molar-refractivity contribution in [2.24, 2.45) is 0 Å². The lowest BCUT2D eigenvalue weighted by atomic mass is 10.2. The Kier molecular flexibility index (Phi) is 4.07. The molecular formula is C16H18ClN3. The predicted molar refractivity (Wildman–Crippen MR) is 84.5 cm³/mol. The maximum atomic E-state index is 6.40. The smallest absolute Gasteiger partial charge is 0.0660 e. The van der Waals surface area contributed by atoms with Gasteiger partial charge in [0, 0.05) is 37.7 Å². The lowest BCUT2D eigenvalue weighted by Gasteiger charge is -2.19. The Balaban J connectivity index is 1.67. The fourth-order valence-corrected chi connectivity index (χ4v) is 2.84. The topological polar surface area (TPSA) is 28.2 Å². The first-order valence-corrected chi connectivity index (χ1v) is 7.38. The van der Waals surface area contributed by atoms with Crippen LogP contribution in [0.3, 0.4) is 0 Å². The van der Waals surface area contributed by atoms with E-state index in [0.717, 1.165) is 41.6 Å². The van der Waals surface area contributed by atoms with E-state index >= 15 is 0 Å². The Morgan fingerprint density at radius 1 is 1.20 bits per heavy atom. The molecule has 3 rings (SSSR count). The van der Waals surface area contributed by atoms with Crippen LogP contribution in [0, 0.1) is 0 Å². The van der Waals surface area contributed by atoms with Crippen molar-refractivity contribution in [1.82, 2.24) is 4.98 Å². The molecule has 1 saturated heterocycles. The molecule has 0 radical (unpaired) electrons. The lowest BCUT2D eigenvalue weighted by molar-refractivity contribution is 0.949. The number of hydrogen-bond donors (Lipinski definition) is 1. The normalized spacial score (nSPS) is 14.6. The van der Waals surface area contributed by atoms with Crippen molar-refractivity contribution in [2.75, 3.05) is 23.3 Å². The Morgan fingerprint density at radius 3 is 2.75 bits per heavy atom. The van der Waals surface area contributed by atoms with Gasteiger partial charge in [-0.1, -0.05) is 17.7 Å². The molecule has 4 heteroatoms. The van der Waals surface area contributed by atoms with Gasteiger partial charge >= 0.3 is 0 Å². The summed E-state index contributed by atoms with van der Waals surface area (Å²) in [5.41, 5.74) is 3.35. The van der Waals surface area contributed by atoms with Crippen LogP contribution < -0.4 is 10.2 Å². The van der Waals surface area contributed by atoms with Gasteiger partial charge in [0.25, 0.3) is 0 Å². The van der Waals surface area contributed by atoms with Crippen molar-refractivity contribution in [1.29, 1.82) is 0 Å². The summed E-state index contributed by atoms with van der Waals surface area (Å²) >= 11 is 6.40. The molecule has 1 aliphatic heterocycles. The van der Waals surface area contributed by atoms with E-state index < -0.39 is 0 Å². The van der Waals surface area contributed by atoms with Crippen molar-refractivity contribution in [3.05, 3.63) is 53.3 Å². The number of aromatic nitrogens is 1. The van der Waals surface area contributed by atoms with Gasteiger partial charge < -0.3 is 10.2 Å². The third kappa shape index (κ3) is 3.05. The summed E-state index contributed by atoms with van der Waals surface area (Å²) in [6.07, 6.45) is 6.17. The van der Waals surface area contributed by atoms with Crippen LogP contribution >= 0.6 is 11.6 Å². The van der Waals surface area contributed by atoms with Gasteiger partial charge in [0.15, 0.2) is 0 Å². The first kappa shape index (κ1) is 13.3. The first-order valence-electron chi connectivity index (χ1n) is 7.00. The van der Waals surface area contributed by atoms with Crippen LogP contribution in [0.15, 0.2) is 42.7 Å². The predicted octanol–water partition coefficient (Wildman–Crippen LogP) is 3.95. The van der Waals surface area contributed by atoms with Crippen molar-refractivity contribution < 1.29 is 0 Å². The number of rotatable bonds is 4. The van der Waals surface area contributed by atoms with E-state index in [1.54, 1.807) is 6.20 Å². The summed E-state index contributed by atoms with van der Waals surface area (Å²) in [7, 11) is 0. The Labute approximate surface area is 124 Å². The molecule has 1 aliphatic rings. The van der Waals surface area contributed by atoms with Crippen LogP contribution in [0.25, 0.3) is 0 Å². The number of halogens is 1. The molecule has 104 valence electrons. The number of nitrogens with zero attached hydrogens (tertiary/aromatic N) is 2. The van der Waals surface area contributed by atoms with Gasteiger partial charge in [-0.15, -0.1) is 0 Å². The second kappa shape index (κ2) is 6.14. The fraction of sp³-hybridized carbons (Fsp3) is 0.312. The summed E-state index contributed by atoms with van der Waals surface area (Å²) < 4.78 is 0. The molecule has 20 heavy (non-hydrogen) atoms. The Bertz CT molecular complexity index is 565. The summed E-state index contributed by atoms with van der Waals surface area (Å²) in [5, 5.41) is 4.20. The van der Waals surface area contributed by atoms with Crippen LogP contribution in [0.5, 0.6) is 0 Å². The molecule has 1 N–H and O–H groups in total. The van der Waals surface area contributed by atoms with Gasteiger partial charge in [0.2, 0.25) is 0 Å². The van der Waals surface area contributed by atoms with Gasteiger partial charge in [-0.05, 0) is 42.7 Å². The molecule has 3 nitrogen and oxygen atoms in total. The van der Waals surface area contributed by atoms with Crippen LogP contribution in [0.1, 0.15) is 18.4 Å². The number of hydrogen-bond acceptors (Lipinski definition) is 3. The van der Waals surface area contributed by atoms with Gasteiger partial charge in [-0.25, -0.2) is 0 Å². The van der Waals surface area contributed by atoms with Gasteiger partial charge in [-0.3, -0.25) is 4.98 Å². The number of pyridine rings is 1. The number of benzene rings is 1. The van der Waals surface area contributed by atoms with E-state index in [-0.39, 0.29) is 0 Å². The van der Waals surface area contributed by atoms with Crippen molar-refractivity contribution >= 4 is 23.0 Å². The van der Waals surface area contributed by atoms with E-state index in [9.17, 15) is 0 Å². The van der Waals surface area contributed by atoms with Crippen LogP contribution in [0.4, 0.5) is 11.4 Å². The third-order valence-electron chi connectivity index (χ3n) is 3.61. The highest BCUT2D eigenvalue weighted by molar-refractivity contribution is 6.33. The fourth-order valence-electron chi connectivity index (χ4n) is 2.54. The highest BCUT2D eigenvalue weighted by Gasteiger charge is 2.15. The largest absolute Gasteiger partial charge is 0.381 e. The average molecular weight is 288 g/mol.